The first kappa shape index (κ1) is 12.9. The summed E-state index contributed by atoms with van der Waals surface area (Å²) in [6, 6.07) is 4.13. The Labute approximate surface area is 108 Å². The van der Waals surface area contributed by atoms with Gasteiger partial charge in [0, 0.05) is 6.54 Å². The zero-order chi connectivity index (χ0) is 14.0. The van der Waals surface area contributed by atoms with Crippen molar-refractivity contribution in [3.05, 3.63) is 23.8 Å². The number of aromatic carboxylic acids is 1. The van der Waals surface area contributed by atoms with Gasteiger partial charge in [0.05, 0.1) is 17.7 Å². The van der Waals surface area contributed by atoms with E-state index >= 15 is 0 Å². The number of aliphatic carboxylic acids is 1. The van der Waals surface area contributed by atoms with Gasteiger partial charge in [-0.05, 0) is 18.2 Å². The molecule has 7 nitrogen and oxygen atoms in total. The molecule has 1 aromatic carbocycles. The van der Waals surface area contributed by atoms with Crippen LogP contribution in [-0.4, -0.2) is 41.2 Å². The number of hydrogen-bond acceptors (Lipinski definition) is 4. The highest BCUT2D eigenvalue weighted by Crippen LogP contribution is 2.33. The van der Waals surface area contributed by atoms with Crippen LogP contribution in [0.4, 0.5) is 5.69 Å². The first-order chi connectivity index (χ1) is 8.99. The number of hydrogen-bond donors (Lipinski definition) is 2. The Morgan fingerprint density at radius 3 is 2.68 bits per heavy atom. The summed E-state index contributed by atoms with van der Waals surface area (Å²) in [4.78, 5) is 34.4. The summed E-state index contributed by atoms with van der Waals surface area (Å²) in [7, 11) is 0. The summed E-state index contributed by atoms with van der Waals surface area (Å²) in [5.41, 5.74) is 0.301. The summed E-state index contributed by atoms with van der Waals surface area (Å²) < 4.78 is 5.18. The highest BCUT2D eigenvalue weighted by Gasteiger charge is 2.26. The van der Waals surface area contributed by atoms with Crippen molar-refractivity contribution < 1.29 is 29.3 Å². The lowest BCUT2D eigenvalue weighted by molar-refractivity contribution is -0.136. The number of anilines is 1. The standard InChI is InChI=1S/C12H11NO6/c14-10-6-19-9-2-1-7(12(17)18)5-8(9)13(10)4-3-11(15)16/h1-2,5H,3-4,6H2,(H,15,16)(H,17,18). The molecule has 0 aromatic heterocycles. The van der Waals surface area contributed by atoms with E-state index in [1.807, 2.05) is 0 Å². The highest BCUT2D eigenvalue weighted by atomic mass is 16.5. The van der Waals surface area contributed by atoms with Crippen molar-refractivity contribution in [2.45, 2.75) is 6.42 Å². The van der Waals surface area contributed by atoms with Gasteiger partial charge >= 0.3 is 11.9 Å². The fraction of sp³-hybridized carbons (Fsp3) is 0.250. The molecule has 2 rings (SSSR count). The third kappa shape index (κ3) is 2.65. The second-order valence-corrected chi connectivity index (χ2v) is 3.97. The molecule has 0 bridgehead atoms. The first-order valence-corrected chi connectivity index (χ1v) is 5.51. The largest absolute Gasteiger partial charge is 0.482 e. The number of ether oxygens (including phenoxy) is 1. The summed E-state index contributed by atoms with van der Waals surface area (Å²) >= 11 is 0. The number of carboxylic acids is 2. The van der Waals surface area contributed by atoms with E-state index in [9.17, 15) is 14.4 Å². The van der Waals surface area contributed by atoms with Crippen LogP contribution < -0.4 is 9.64 Å². The Bertz CT molecular complexity index is 553. The van der Waals surface area contributed by atoms with Crippen molar-refractivity contribution in [2.75, 3.05) is 18.1 Å². The maximum atomic E-state index is 11.7. The smallest absolute Gasteiger partial charge is 0.335 e. The Morgan fingerprint density at radius 2 is 2.05 bits per heavy atom. The van der Waals surface area contributed by atoms with Crippen LogP contribution >= 0.6 is 0 Å². The van der Waals surface area contributed by atoms with Gasteiger partial charge in [0.25, 0.3) is 5.91 Å². The number of amides is 1. The number of carbonyl (C=O) groups is 3. The summed E-state index contributed by atoms with van der Waals surface area (Å²) in [5, 5.41) is 17.6. The normalized spacial score (nSPS) is 13.7. The van der Waals surface area contributed by atoms with E-state index in [0.29, 0.717) is 5.75 Å². The van der Waals surface area contributed by atoms with Crippen LogP contribution in [0.5, 0.6) is 5.75 Å². The molecule has 0 saturated carbocycles. The Morgan fingerprint density at radius 1 is 1.32 bits per heavy atom. The fourth-order valence-electron chi connectivity index (χ4n) is 1.79. The molecule has 7 heteroatoms. The van der Waals surface area contributed by atoms with Gasteiger partial charge < -0.3 is 19.8 Å². The second kappa shape index (κ2) is 4.97. The number of carbonyl (C=O) groups excluding carboxylic acids is 1. The predicted molar refractivity (Wildman–Crippen MR) is 63.5 cm³/mol. The molecule has 0 aliphatic carbocycles. The van der Waals surface area contributed by atoms with E-state index in [-0.39, 0.29) is 30.8 Å². The maximum Gasteiger partial charge on any atom is 0.335 e. The van der Waals surface area contributed by atoms with Crippen molar-refractivity contribution in [3.8, 4) is 5.75 Å². The minimum atomic E-state index is -1.13. The van der Waals surface area contributed by atoms with Gasteiger partial charge in [-0.15, -0.1) is 0 Å². The van der Waals surface area contributed by atoms with Gasteiger partial charge in [-0.2, -0.15) is 0 Å². The van der Waals surface area contributed by atoms with Crippen molar-refractivity contribution in [1.82, 2.24) is 0 Å². The fourth-order valence-corrected chi connectivity index (χ4v) is 1.79. The molecule has 1 aliphatic rings. The van der Waals surface area contributed by atoms with Crippen LogP contribution in [0.15, 0.2) is 18.2 Å². The summed E-state index contributed by atoms with van der Waals surface area (Å²) in [5.74, 6) is -2.18. The molecular formula is C12H11NO6. The minimum Gasteiger partial charge on any atom is -0.482 e. The summed E-state index contributed by atoms with van der Waals surface area (Å²) in [6.45, 7) is -0.202. The number of fused-ring (bicyclic) bond motifs is 1. The zero-order valence-corrected chi connectivity index (χ0v) is 9.83. The SMILES string of the molecule is O=C(O)CCN1C(=O)COc2ccc(C(=O)O)cc21. The molecule has 1 aromatic rings. The topological polar surface area (TPSA) is 104 Å². The van der Waals surface area contributed by atoms with Crippen molar-refractivity contribution in [2.24, 2.45) is 0 Å². The average molecular weight is 265 g/mol. The lowest BCUT2D eigenvalue weighted by Gasteiger charge is -2.29. The molecular weight excluding hydrogens is 254 g/mol. The number of carboxylic acid groups (broad SMARTS) is 2. The van der Waals surface area contributed by atoms with E-state index < -0.39 is 17.8 Å². The Hall–Kier alpha value is -2.57. The molecule has 0 fully saturated rings. The van der Waals surface area contributed by atoms with E-state index in [2.05, 4.69) is 0 Å². The van der Waals surface area contributed by atoms with Gasteiger partial charge in [-0.1, -0.05) is 0 Å². The summed E-state index contributed by atoms with van der Waals surface area (Å²) in [6.07, 6.45) is -0.220. The van der Waals surface area contributed by atoms with Gasteiger partial charge in [0.15, 0.2) is 6.61 Å². The third-order valence-corrected chi connectivity index (χ3v) is 2.70. The molecule has 0 atom stereocenters. The number of nitrogens with zero attached hydrogens (tertiary/aromatic N) is 1. The Balaban J connectivity index is 2.35. The average Bonchev–Trinajstić information content (AvgIpc) is 2.36. The molecule has 100 valence electrons. The van der Waals surface area contributed by atoms with E-state index in [0.717, 1.165) is 0 Å². The lowest BCUT2D eigenvalue weighted by Crippen LogP contribution is -2.40. The van der Waals surface area contributed by atoms with Crippen molar-refractivity contribution >= 4 is 23.5 Å². The van der Waals surface area contributed by atoms with Crippen LogP contribution in [0.2, 0.25) is 0 Å². The maximum absolute atomic E-state index is 11.7. The third-order valence-electron chi connectivity index (χ3n) is 2.70. The quantitative estimate of drug-likeness (QED) is 0.825. The molecule has 2 N–H and O–H groups in total. The molecule has 19 heavy (non-hydrogen) atoms. The molecule has 0 spiro atoms. The molecule has 0 unspecified atom stereocenters. The highest BCUT2D eigenvalue weighted by molar-refractivity contribution is 6.00. The molecule has 1 amide bonds. The minimum absolute atomic E-state index is 0.0115. The first-order valence-electron chi connectivity index (χ1n) is 5.51. The van der Waals surface area contributed by atoms with Crippen molar-refractivity contribution in [3.63, 3.8) is 0 Å². The van der Waals surface area contributed by atoms with E-state index in [4.69, 9.17) is 14.9 Å². The molecule has 0 radical (unpaired) electrons. The number of benzene rings is 1. The van der Waals surface area contributed by atoms with Crippen molar-refractivity contribution in [1.29, 1.82) is 0 Å². The van der Waals surface area contributed by atoms with Gasteiger partial charge in [-0.25, -0.2) is 4.79 Å². The monoisotopic (exact) mass is 265 g/mol. The van der Waals surface area contributed by atoms with Gasteiger partial charge in [0.2, 0.25) is 0 Å². The van der Waals surface area contributed by atoms with Gasteiger partial charge in [-0.3, -0.25) is 9.59 Å². The van der Waals surface area contributed by atoms with E-state index in [1.165, 1.54) is 23.1 Å². The molecule has 1 aliphatic heterocycles. The van der Waals surface area contributed by atoms with Gasteiger partial charge in [0.1, 0.15) is 5.75 Å². The Kier molecular flexibility index (Phi) is 3.37. The number of rotatable bonds is 4. The van der Waals surface area contributed by atoms with Crippen LogP contribution in [0.1, 0.15) is 16.8 Å². The van der Waals surface area contributed by atoms with Crippen LogP contribution in [0.25, 0.3) is 0 Å². The predicted octanol–water partition coefficient (Wildman–Crippen LogP) is 0.585. The second-order valence-electron chi connectivity index (χ2n) is 3.97. The lowest BCUT2D eigenvalue weighted by atomic mass is 10.1. The van der Waals surface area contributed by atoms with Crippen LogP contribution in [0, 0.1) is 0 Å². The van der Waals surface area contributed by atoms with Crippen LogP contribution in [0.3, 0.4) is 0 Å². The zero-order valence-electron chi connectivity index (χ0n) is 9.83. The molecule has 0 saturated heterocycles. The van der Waals surface area contributed by atoms with E-state index in [1.54, 1.807) is 0 Å². The van der Waals surface area contributed by atoms with Crippen LogP contribution in [-0.2, 0) is 9.59 Å². The molecule has 1 heterocycles.